The third-order valence-corrected chi connectivity index (χ3v) is 4.71. The van der Waals surface area contributed by atoms with Crippen molar-refractivity contribution in [2.45, 2.75) is 33.8 Å². The van der Waals surface area contributed by atoms with Crippen molar-refractivity contribution >= 4 is 11.8 Å². The molecule has 0 spiro atoms. The number of aromatic nitrogens is 2. The van der Waals surface area contributed by atoms with E-state index in [9.17, 15) is 14.0 Å². The third kappa shape index (κ3) is 5.23. The zero-order valence-electron chi connectivity index (χ0n) is 18.3. The van der Waals surface area contributed by atoms with Gasteiger partial charge in [-0.25, -0.2) is 9.07 Å². The summed E-state index contributed by atoms with van der Waals surface area (Å²) in [5.41, 5.74) is 6.72. The van der Waals surface area contributed by atoms with Gasteiger partial charge in [0.15, 0.2) is 6.10 Å². The minimum atomic E-state index is -0.850. The average Bonchev–Trinajstić information content (AvgIpc) is 3.07. The van der Waals surface area contributed by atoms with Crippen LogP contribution in [0.5, 0.6) is 11.5 Å². The highest BCUT2D eigenvalue weighted by Gasteiger charge is 2.21. The van der Waals surface area contributed by atoms with Crippen LogP contribution in [0.25, 0.3) is 5.69 Å². The van der Waals surface area contributed by atoms with Crippen molar-refractivity contribution in [1.82, 2.24) is 20.6 Å². The highest BCUT2D eigenvalue weighted by atomic mass is 19.1. The largest absolute Gasteiger partial charge is 0.494 e. The summed E-state index contributed by atoms with van der Waals surface area (Å²) in [6, 6.07) is 12.7. The van der Waals surface area contributed by atoms with Crippen molar-refractivity contribution in [1.29, 1.82) is 0 Å². The molecule has 1 atom stereocenters. The first-order valence-corrected chi connectivity index (χ1v) is 10.1. The van der Waals surface area contributed by atoms with Gasteiger partial charge >= 0.3 is 0 Å². The second-order valence-corrected chi connectivity index (χ2v) is 7.04. The number of nitrogens with one attached hydrogen (secondary N) is 2. The molecular formula is C23H25FN4O4. The molecule has 0 aliphatic rings. The van der Waals surface area contributed by atoms with Crippen LogP contribution in [0.2, 0.25) is 0 Å². The first-order chi connectivity index (χ1) is 15.3. The number of carbonyl (C=O) groups is 2. The first kappa shape index (κ1) is 22.8. The van der Waals surface area contributed by atoms with Crippen LogP contribution in [0.4, 0.5) is 4.39 Å². The normalized spacial score (nSPS) is 11.5. The van der Waals surface area contributed by atoms with Gasteiger partial charge in [-0.05, 0) is 76.2 Å². The number of aryl methyl sites for hydroxylation is 1. The Bertz CT molecular complexity index is 1090. The number of amides is 2. The van der Waals surface area contributed by atoms with Gasteiger partial charge in [0.05, 0.1) is 29.2 Å². The summed E-state index contributed by atoms with van der Waals surface area (Å²) in [7, 11) is 0. The molecular weight excluding hydrogens is 415 g/mol. The molecule has 32 heavy (non-hydrogen) atoms. The number of nitrogens with zero attached hydrogens (tertiary/aromatic N) is 2. The molecule has 0 saturated carbocycles. The summed E-state index contributed by atoms with van der Waals surface area (Å²) in [6.45, 7) is 7.42. The van der Waals surface area contributed by atoms with Crippen LogP contribution < -0.4 is 20.3 Å². The zero-order valence-corrected chi connectivity index (χ0v) is 18.3. The molecule has 1 heterocycles. The van der Waals surface area contributed by atoms with Crippen LogP contribution in [0, 0.1) is 19.7 Å². The summed E-state index contributed by atoms with van der Waals surface area (Å²) in [4.78, 5) is 25.0. The predicted molar refractivity (Wildman–Crippen MR) is 116 cm³/mol. The fourth-order valence-electron chi connectivity index (χ4n) is 3.13. The SMILES string of the molecule is CCOc1ccc(OC(C)C(=O)NNC(=O)c2c(C)nn(-c3ccc(F)cc3)c2C)cc1. The molecule has 0 fully saturated rings. The molecule has 0 saturated heterocycles. The Hall–Kier alpha value is -3.88. The number of halogens is 1. The second-order valence-electron chi connectivity index (χ2n) is 7.04. The highest BCUT2D eigenvalue weighted by molar-refractivity contribution is 5.97. The number of benzene rings is 2. The van der Waals surface area contributed by atoms with Gasteiger partial charge in [-0.2, -0.15) is 5.10 Å². The fourth-order valence-corrected chi connectivity index (χ4v) is 3.13. The Kier molecular flexibility index (Phi) is 7.09. The molecule has 8 nitrogen and oxygen atoms in total. The van der Waals surface area contributed by atoms with Gasteiger partial charge < -0.3 is 9.47 Å². The van der Waals surface area contributed by atoms with E-state index in [0.717, 1.165) is 0 Å². The summed E-state index contributed by atoms with van der Waals surface area (Å²) < 4.78 is 25.7. The van der Waals surface area contributed by atoms with Crippen molar-refractivity contribution in [3.05, 3.63) is 71.3 Å². The Balaban J connectivity index is 1.61. The van der Waals surface area contributed by atoms with Crippen LogP contribution in [-0.4, -0.2) is 34.3 Å². The van der Waals surface area contributed by atoms with Crippen molar-refractivity contribution in [3.63, 3.8) is 0 Å². The number of hydrazine groups is 1. The van der Waals surface area contributed by atoms with E-state index in [0.29, 0.717) is 40.7 Å². The number of hydrogen-bond acceptors (Lipinski definition) is 5. The molecule has 3 aromatic rings. The Morgan fingerprint density at radius 1 is 1.03 bits per heavy atom. The van der Waals surface area contributed by atoms with E-state index in [1.807, 2.05) is 6.92 Å². The number of carbonyl (C=O) groups excluding carboxylic acids is 2. The average molecular weight is 440 g/mol. The summed E-state index contributed by atoms with van der Waals surface area (Å²) in [6.07, 6.45) is -0.850. The third-order valence-electron chi connectivity index (χ3n) is 4.71. The minimum absolute atomic E-state index is 0.315. The molecule has 0 aliphatic heterocycles. The van der Waals surface area contributed by atoms with Gasteiger partial charge in [0, 0.05) is 0 Å². The lowest BCUT2D eigenvalue weighted by Gasteiger charge is -2.15. The van der Waals surface area contributed by atoms with E-state index in [2.05, 4.69) is 16.0 Å². The molecule has 2 N–H and O–H groups in total. The van der Waals surface area contributed by atoms with E-state index in [4.69, 9.17) is 9.47 Å². The van der Waals surface area contributed by atoms with Crippen LogP contribution in [-0.2, 0) is 4.79 Å². The number of hydrogen-bond donors (Lipinski definition) is 2. The molecule has 1 unspecified atom stereocenters. The zero-order chi connectivity index (χ0) is 23.3. The molecule has 3 rings (SSSR count). The van der Waals surface area contributed by atoms with Gasteiger partial charge in [0.25, 0.3) is 11.8 Å². The molecule has 2 aromatic carbocycles. The van der Waals surface area contributed by atoms with Crippen LogP contribution in [0.3, 0.4) is 0 Å². The molecule has 0 bridgehead atoms. The summed E-state index contributed by atoms with van der Waals surface area (Å²) >= 11 is 0. The molecule has 0 aliphatic carbocycles. The molecule has 0 radical (unpaired) electrons. The van der Waals surface area contributed by atoms with E-state index in [1.54, 1.807) is 61.9 Å². The second kappa shape index (κ2) is 9.95. The molecule has 2 amide bonds. The molecule has 168 valence electrons. The van der Waals surface area contributed by atoms with Crippen LogP contribution >= 0.6 is 0 Å². The van der Waals surface area contributed by atoms with E-state index in [-0.39, 0.29) is 5.82 Å². The van der Waals surface area contributed by atoms with E-state index >= 15 is 0 Å². The smallest absolute Gasteiger partial charge is 0.279 e. The van der Waals surface area contributed by atoms with E-state index in [1.165, 1.54) is 12.1 Å². The fraction of sp³-hybridized carbons (Fsp3) is 0.261. The minimum Gasteiger partial charge on any atom is -0.494 e. The standard InChI is InChI=1S/C23H25FN4O4/c1-5-31-19-10-12-20(13-11-19)32-16(4)22(29)25-26-23(30)21-14(2)27-28(15(21)3)18-8-6-17(24)7-9-18/h6-13,16H,5H2,1-4H3,(H,25,29)(H,26,30). The Morgan fingerprint density at radius 3 is 2.28 bits per heavy atom. The maximum atomic E-state index is 13.2. The summed E-state index contributed by atoms with van der Waals surface area (Å²) in [5, 5.41) is 4.36. The van der Waals surface area contributed by atoms with Crippen molar-refractivity contribution in [2.24, 2.45) is 0 Å². The Labute approximate surface area is 185 Å². The van der Waals surface area contributed by atoms with Crippen molar-refractivity contribution in [3.8, 4) is 17.2 Å². The monoisotopic (exact) mass is 440 g/mol. The van der Waals surface area contributed by atoms with Gasteiger partial charge in [0.1, 0.15) is 17.3 Å². The maximum absolute atomic E-state index is 13.2. The lowest BCUT2D eigenvalue weighted by Crippen LogP contribution is -2.47. The highest BCUT2D eigenvalue weighted by Crippen LogP contribution is 2.19. The van der Waals surface area contributed by atoms with Gasteiger partial charge in [0.2, 0.25) is 0 Å². The predicted octanol–water partition coefficient (Wildman–Crippen LogP) is 3.26. The Morgan fingerprint density at radius 2 is 1.66 bits per heavy atom. The van der Waals surface area contributed by atoms with Gasteiger partial charge in [-0.3, -0.25) is 20.4 Å². The lowest BCUT2D eigenvalue weighted by molar-refractivity contribution is -0.128. The van der Waals surface area contributed by atoms with Crippen LogP contribution in [0.1, 0.15) is 35.6 Å². The number of rotatable bonds is 7. The van der Waals surface area contributed by atoms with Crippen molar-refractivity contribution in [2.75, 3.05) is 6.61 Å². The first-order valence-electron chi connectivity index (χ1n) is 10.1. The quantitative estimate of drug-likeness (QED) is 0.550. The van der Waals surface area contributed by atoms with E-state index < -0.39 is 17.9 Å². The maximum Gasteiger partial charge on any atom is 0.279 e. The number of ether oxygens (including phenoxy) is 2. The van der Waals surface area contributed by atoms with Crippen molar-refractivity contribution < 1.29 is 23.5 Å². The topological polar surface area (TPSA) is 94.5 Å². The summed E-state index contributed by atoms with van der Waals surface area (Å²) in [5.74, 6) is -0.202. The van der Waals surface area contributed by atoms with Gasteiger partial charge in [-0.1, -0.05) is 0 Å². The molecule has 1 aromatic heterocycles. The lowest BCUT2D eigenvalue weighted by atomic mass is 10.2. The van der Waals surface area contributed by atoms with Crippen LogP contribution in [0.15, 0.2) is 48.5 Å². The molecule has 9 heteroatoms. The van der Waals surface area contributed by atoms with Gasteiger partial charge in [-0.15, -0.1) is 0 Å².